The van der Waals surface area contributed by atoms with Gasteiger partial charge in [0.2, 0.25) is 10.0 Å². The first-order chi connectivity index (χ1) is 16.3. The van der Waals surface area contributed by atoms with Gasteiger partial charge in [-0.15, -0.1) is 0 Å². The minimum absolute atomic E-state index is 0.198. The molecular formula is C26H26Cl2N2O3S. The van der Waals surface area contributed by atoms with E-state index in [2.05, 4.69) is 0 Å². The van der Waals surface area contributed by atoms with Crippen LogP contribution < -0.4 is 4.90 Å². The molecular weight excluding hydrogens is 491 g/mol. The molecule has 0 aromatic heterocycles. The van der Waals surface area contributed by atoms with E-state index < -0.39 is 10.0 Å². The van der Waals surface area contributed by atoms with Gasteiger partial charge in [-0.1, -0.05) is 60.5 Å². The summed E-state index contributed by atoms with van der Waals surface area (Å²) in [5.74, 6) is -0.232. The maximum absolute atomic E-state index is 13.6. The lowest BCUT2D eigenvalue weighted by Crippen LogP contribution is -2.49. The van der Waals surface area contributed by atoms with Crippen LogP contribution in [0.25, 0.3) is 0 Å². The van der Waals surface area contributed by atoms with Crippen molar-refractivity contribution in [3.63, 3.8) is 0 Å². The molecule has 0 radical (unpaired) electrons. The summed E-state index contributed by atoms with van der Waals surface area (Å²) >= 11 is 12.6. The van der Waals surface area contributed by atoms with Crippen LogP contribution in [0.15, 0.2) is 77.7 Å². The molecule has 0 N–H and O–H groups in total. The normalized spacial score (nSPS) is 15.3. The van der Waals surface area contributed by atoms with Gasteiger partial charge in [0, 0.05) is 29.8 Å². The molecule has 0 aliphatic carbocycles. The zero-order chi connectivity index (χ0) is 24.3. The number of rotatable bonds is 6. The molecule has 3 aromatic rings. The van der Waals surface area contributed by atoms with E-state index in [1.165, 1.54) is 4.31 Å². The van der Waals surface area contributed by atoms with Crippen molar-refractivity contribution in [3.8, 4) is 0 Å². The predicted molar refractivity (Wildman–Crippen MR) is 137 cm³/mol. The average Bonchev–Trinajstić information content (AvgIpc) is 2.85. The number of amides is 1. The van der Waals surface area contributed by atoms with E-state index in [4.69, 9.17) is 23.2 Å². The Morgan fingerprint density at radius 2 is 1.65 bits per heavy atom. The number of benzene rings is 3. The van der Waals surface area contributed by atoms with Crippen molar-refractivity contribution in [2.24, 2.45) is 0 Å². The Morgan fingerprint density at radius 1 is 0.971 bits per heavy atom. The van der Waals surface area contributed by atoms with Crippen molar-refractivity contribution < 1.29 is 13.2 Å². The Balaban J connectivity index is 1.58. The summed E-state index contributed by atoms with van der Waals surface area (Å²) in [5, 5.41) is 0.889. The molecule has 1 amide bonds. The van der Waals surface area contributed by atoms with Crippen molar-refractivity contribution in [2.45, 2.75) is 37.1 Å². The fraction of sp³-hybridized carbons (Fsp3) is 0.269. The third kappa shape index (κ3) is 5.15. The summed E-state index contributed by atoms with van der Waals surface area (Å²) in [6.07, 6.45) is 1.84. The van der Waals surface area contributed by atoms with Gasteiger partial charge in [0.05, 0.1) is 15.5 Å². The number of sulfonamides is 1. The zero-order valence-corrected chi connectivity index (χ0v) is 21.2. The quantitative estimate of drug-likeness (QED) is 0.400. The van der Waals surface area contributed by atoms with Gasteiger partial charge < -0.3 is 4.90 Å². The summed E-state index contributed by atoms with van der Waals surface area (Å²) < 4.78 is 27.9. The molecule has 3 aromatic carbocycles. The van der Waals surface area contributed by atoms with Crippen LogP contribution in [0.1, 0.15) is 35.7 Å². The standard InChI is InChI=1S/C26H26Cl2N2O3S/c1-2-19-10-12-23(13-11-19)34(32,33)29-16-14-21(15-17-29)30(22-7-5-6-20(27)18-22)26(31)24-8-3-4-9-25(24)28/h3-13,18,21H,2,14-17H2,1H3. The maximum atomic E-state index is 13.6. The van der Waals surface area contributed by atoms with Gasteiger partial charge in [-0.05, 0) is 67.3 Å². The maximum Gasteiger partial charge on any atom is 0.260 e. The molecule has 0 atom stereocenters. The van der Waals surface area contributed by atoms with Gasteiger partial charge in [-0.3, -0.25) is 4.79 Å². The molecule has 178 valence electrons. The first kappa shape index (κ1) is 24.7. The van der Waals surface area contributed by atoms with Crippen LogP contribution in [0, 0.1) is 0 Å². The van der Waals surface area contributed by atoms with Crippen molar-refractivity contribution in [2.75, 3.05) is 18.0 Å². The fourth-order valence-corrected chi connectivity index (χ4v) is 6.14. The Labute approximate surface area is 211 Å². The highest BCUT2D eigenvalue weighted by Gasteiger charge is 2.35. The lowest BCUT2D eigenvalue weighted by Gasteiger charge is -2.38. The van der Waals surface area contributed by atoms with Crippen LogP contribution in [0.3, 0.4) is 0 Å². The third-order valence-electron chi connectivity index (χ3n) is 6.17. The third-order valence-corrected chi connectivity index (χ3v) is 8.64. The first-order valence-corrected chi connectivity index (χ1v) is 13.4. The van der Waals surface area contributed by atoms with E-state index in [1.54, 1.807) is 59.5 Å². The minimum atomic E-state index is -3.60. The van der Waals surface area contributed by atoms with E-state index in [0.717, 1.165) is 12.0 Å². The SMILES string of the molecule is CCc1ccc(S(=O)(=O)N2CCC(N(C(=O)c3ccccc3Cl)c3cccc(Cl)c3)CC2)cc1. The number of halogens is 2. The number of anilines is 1. The van der Waals surface area contributed by atoms with Crippen molar-refractivity contribution in [3.05, 3.63) is 94.0 Å². The minimum Gasteiger partial charge on any atom is -0.305 e. The van der Waals surface area contributed by atoms with Gasteiger partial charge in [-0.25, -0.2) is 8.42 Å². The molecule has 1 heterocycles. The second-order valence-corrected chi connectivity index (χ2v) is 11.0. The second kappa shape index (κ2) is 10.5. The highest BCUT2D eigenvalue weighted by molar-refractivity contribution is 7.89. The number of carbonyl (C=O) groups excluding carboxylic acids is 1. The van der Waals surface area contributed by atoms with E-state index in [0.29, 0.717) is 52.1 Å². The highest BCUT2D eigenvalue weighted by atomic mass is 35.5. The van der Waals surface area contributed by atoms with E-state index >= 15 is 0 Å². The predicted octanol–water partition coefficient (Wildman–Crippen LogP) is 6.06. The molecule has 1 fully saturated rings. The number of aryl methyl sites for hydroxylation is 1. The Kier molecular flexibility index (Phi) is 7.63. The molecule has 1 saturated heterocycles. The second-order valence-electron chi connectivity index (χ2n) is 8.27. The number of hydrogen-bond acceptors (Lipinski definition) is 3. The molecule has 0 saturated carbocycles. The molecule has 0 unspecified atom stereocenters. The van der Waals surface area contributed by atoms with Crippen molar-refractivity contribution in [1.82, 2.24) is 4.31 Å². The molecule has 4 rings (SSSR count). The highest BCUT2D eigenvalue weighted by Crippen LogP contribution is 2.31. The van der Waals surface area contributed by atoms with Gasteiger partial charge >= 0.3 is 0 Å². The van der Waals surface area contributed by atoms with Crippen molar-refractivity contribution >= 4 is 44.8 Å². The molecule has 0 spiro atoms. The molecule has 1 aliphatic rings. The Morgan fingerprint density at radius 3 is 2.26 bits per heavy atom. The number of carbonyl (C=O) groups is 1. The number of nitrogens with zero attached hydrogens (tertiary/aromatic N) is 2. The summed E-state index contributed by atoms with van der Waals surface area (Å²) in [7, 11) is -3.60. The zero-order valence-electron chi connectivity index (χ0n) is 18.8. The van der Waals surface area contributed by atoms with Crippen LogP contribution >= 0.6 is 23.2 Å². The van der Waals surface area contributed by atoms with Gasteiger partial charge in [-0.2, -0.15) is 4.31 Å². The molecule has 8 heteroatoms. The number of piperidine rings is 1. The first-order valence-electron chi connectivity index (χ1n) is 11.2. The van der Waals surface area contributed by atoms with Gasteiger partial charge in [0.25, 0.3) is 5.91 Å². The van der Waals surface area contributed by atoms with Gasteiger partial charge in [0.15, 0.2) is 0 Å². The number of hydrogen-bond donors (Lipinski definition) is 0. The Hall–Kier alpha value is -2.38. The molecule has 1 aliphatic heterocycles. The van der Waals surface area contributed by atoms with Crippen LogP contribution in [-0.2, 0) is 16.4 Å². The Bertz CT molecular complexity index is 1270. The van der Waals surface area contributed by atoms with E-state index in [-0.39, 0.29) is 11.9 Å². The van der Waals surface area contributed by atoms with Crippen LogP contribution in [-0.4, -0.2) is 37.8 Å². The van der Waals surface area contributed by atoms with E-state index in [1.807, 2.05) is 25.1 Å². The summed E-state index contributed by atoms with van der Waals surface area (Å²) in [6.45, 7) is 2.66. The molecule has 5 nitrogen and oxygen atoms in total. The van der Waals surface area contributed by atoms with Crippen LogP contribution in [0.5, 0.6) is 0 Å². The van der Waals surface area contributed by atoms with Crippen molar-refractivity contribution in [1.29, 1.82) is 0 Å². The summed E-state index contributed by atoms with van der Waals surface area (Å²) in [4.78, 5) is 15.6. The topological polar surface area (TPSA) is 57.7 Å². The fourth-order valence-electron chi connectivity index (χ4n) is 4.27. The summed E-state index contributed by atoms with van der Waals surface area (Å²) in [6, 6.07) is 20.9. The van der Waals surface area contributed by atoms with Gasteiger partial charge in [0.1, 0.15) is 0 Å². The van der Waals surface area contributed by atoms with Crippen LogP contribution in [0.4, 0.5) is 5.69 Å². The monoisotopic (exact) mass is 516 g/mol. The van der Waals surface area contributed by atoms with E-state index in [9.17, 15) is 13.2 Å². The summed E-state index contributed by atoms with van der Waals surface area (Å²) in [5.41, 5.74) is 2.15. The average molecular weight is 517 g/mol. The largest absolute Gasteiger partial charge is 0.305 e. The molecule has 0 bridgehead atoms. The lowest BCUT2D eigenvalue weighted by atomic mass is 10.0. The molecule has 34 heavy (non-hydrogen) atoms. The van der Waals surface area contributed by atoms with Crippen LogP contribution in [0.2, 0.25) is 10.0 Å². The lowest BCUT2D eigenvalue weighted by molar-refractivity contribution is 0.0968. The smallest absolute Gasteiger partial charge is 0.260 e.